The SMILES string of the molecule is CC(C)c1cccc(C(C)C)c1OC(=O)Nc1ccccc1Cl. The molecule has 0 saturated heterocycles. The van der Waals surface area contributed by atoms with Gasteiger partial charge in [0.15, 0.2) is 0 Å². The van der Waals surface area contributed by atoms with Crippen LogP contribution < -0.4 is 10.1 Å². The summed E-state index contributed by atoms with van der Waals surface area (Å²) in [6.07, 6.45) is -0.534. The topological polar surface area (TPSA) is 38.3 Å². The molecule has 0 bridgehead atoms. The van der Waals surface area contributed by atoms with Gasteiger partial charge in [0, 0.05) is 0 Å². The molecule has 0 heterocycles. The third kappa shape index (κ3) is 4.26. The van der Waals surface area contributed by atoms with E-state index >= 15 is 0 Å². The number of nitrogens with one attached hydrogen (secondary N) is 1. The molecule has 1 amide bonds. The van der Waals surface area contributed by atoms with Crippen molar-refractivity contribution in [1.29, 1.82) is 0 Å². The maximum atomic E-state index is 12.3. The van der Waals surface area contributed by atoms with E-state index in [1.54, 1.807) is 12.1 Å². The Morgan fingerprint density at radius 1 is 0.957 bits per heavy atom. The van der Waals surface area contributed by atoms with Crippen LogP contribution >= 0.6 is 11.6 Å². The molecule has 1 N–H and O–H groups in total. The molecule has 0 aliphatic carbocycles. The van der Waals surface area contributed by atoms with Gasteiger partial charge in [-0.3, -0.25) is 5.32 Å². The largest absolute Gasteiger partial charge is 0.417 e. The second-order valence-electron chi connectivity index (χ2n) is 6.07. The van der Waals surface area contributed by atoms with Gasteiger partial charge in [0.25, 0.3) is 0 Å². The van der Waals surface area contributed by atoms with Crippen LogP contribution in [0.2, 0.25) is 5.02 Å². The Balaban J connectivity index is 2.28. The smallest absolute Gasteiger partial charge is 0.409 e. The van der Waals surface area contributed by atoms with Gasteiger partial charge in [0.1, 0.15) is 5.75 Å². The highest BCUT2D eigenvalue weighted by atomic mass is 35.5. The van der Waals surface area contributed by atoms with Gasteiger partial charge in [-0.25, -0.2) is 4.79 Å². The number of para-hydroxylation sites is 2. The zero-order chi connectivity index (χ0) is 17.0. The molecule has 4 heteroatoms. The normalized spacial score (nSPS) is 10.9. The number of carbonyl (C=O) groups excluding carboxylic acids is 1. The van der Waals surface area contributed by atoms with Crippen molar-refractivity contribution in [3.05, 3.63) is 58.6 Å². The van der Waals surface area contributed by atoms with Crippen LogP contribution in [0.4, 0.5) is 10.5 Å². The van der Waals surface area contributed by atoms with Crippen LogP contribution in [-0.2, 0) is 0 Å². The monoisotopic (exact) mass is 331 g/mol. The summed E-state index contributed by atoms with van der Waals surface area (Å²) in [4.78, 5) is 12.3. The molecule has 23 heavy (non-hydrogen) atoms. The van der Waals surface area contributed by atoms with Crippen molar-refractivity contribution in [2.45, 2.75) is 39.5 Å². The molecular weight excluding hydrogens is 310 g/mol. The van der Waals surface area contributed by atoms with Crippen molar-refractivity contribution in [2.75, 3.05) is 5.32 Å². The van der Waals surface area contributed by atoms with Crippen LogP contribution in [0.1, 0.15) is 50.7 Å². The van der Waals surface area contributed by atoms with E-state index in [0.717, 1.165) is 11.1 Å². The van der Waals surface area contributed by atoms with E-state index in [1.165, 1.54) is 0 Å². The third-order valence-corrected chi connectivity index (χ3v) is 3.95. The van der Waals surface area contributed by atoms with Gasteiger partial charge in [-0.05, 0) is 35.1 Å². The first-order valence-corrected chi connectivity index (χ1v) is 8.14. The Bertz CT molecular complexity index is 669. The molecule has 2 aromatic carbocycles. The molecule has 0 aliphatic heterocycles. The highest BCUT2D eigenvalue weighted by molar-refractivity contribution is 6.33. The number of anilines is 1. The highest BCUT2D eigenvalue weighted by Gasteiger charge is 2.18. The zero-order valence-corrected chi connectivity index (χ0v) is 14.6. The first-order chi connectivity index (χ1) is 10.9. The molecule has 2 rings (SSSR count). The molecule has 122 valence electrons. The zero-order valence-electron chi connectivity index (χ0n) is 13.9. The molecule has 0 aliphatic rings. The summed E-state index contributed by atoms with van der Waals surface area (Å²) in [5, 5.41) is 3.18. The lowest BCUT2D eigenvalue weighted by Crippen LogP contribution is -2.19. The van der Waals surface area contributed by atoms with Crippen molar-refractivity contribution in [1.82, 2.24) is 0 Å². The van der Waals surface area contributed by atoms with Gasteiger partial charge >= 0.3 is 6.09 Å². The van der Waals surface area contributed by atoms with Gasteiger partial charge < -0.3 is 4.74 Å². The molecule has 2 aromatic rings. The Kier molecular flexibility index (Phi) is 5.67. The number of halogens is 1. The minimum atomic E-state index is -0.534. The average Bonchev–Trinajstić information content (AvgIpc) is 2.49. The van der Waals surface area contributed by atoms with Crippen LogP contribution in [0.5, 0.6) is 5.75 Å². The molecule has 0 spiro atoms. The number of amides is 1. The Hall–Kier alpha value is -2.00. The van der Waals surface area contributed by atoms with Crippen molar-refractivity contribution in [3.63, 3.8) is 0 Å². The van der Waals surface area contributed by atoms with E-state index < -0.39 is 6.09 Å². The lowest BCUT2D eigenvalue weighted by atomic mass is 9.94. The Morgan fingerprint density at radius 3 is 2.04 bits per heavy atom. The molecule has 0 aromatic heterocycles. The van der Waals surface area contributed by atoms with Gasteiger partial charge in [-0.2, -0.15) is 0 Å². The van der Waals surface area contributed by atoms with Crippen molar-refractivity contribution < 1.29 is 9.53 Å². The first-order valence-electron chi connectivity index (χ1n) is 7.76. The molecule has 0 saturated carbocycles. The predicted octanol–water partition coefficient (Wildman–Crippen LogP) is 6.20. The lowest BCUT2D eigenvalue weighted by Gasteiger charge is -2.19. The second kappa shape index (κ2) is 7.51. The van der Waals surface area contributed by atoms with E-state index in [1.807, 2.05) is 30.3 Å². The van der Waals surface area contributed by atoms with Gasteiger partial charge in [-0.1, -0.05) is 69.6 Å². The lowest BCUT2D eigenvalue weighted by molar-refractivity contribution is 0.214. The van der Waals surface area contributed by atoms with Crippen molar-refractivity contribution in [3.8, 4) is 5.75 Å². The summed E-state index contributed by atoms with van der Waals surface area (Å²) in [5.41, 5.74) is 2.57. The summed E-state index contributed by atoms with van der Waals surface area (Å²) < 4.78 is 5.65. The minimum Gasteiger partial charge on any atom is -0.409 e. The van der Waals surface area contributed by atoms with Crippen LogP contribution in [0.15, 0.2) is 42.5 Å². The molecule has 0 radical (unpaired) electrons. The van der Waals surface area contributed by atoms with Crippen molar-refractivity contribution in [2.24, 2.45) is 0 Å². The van der Waals surface area contributed by atoms with E-state index in [2.05, 4.69) is 33.0 Å². The molecule has 3 nitrogen and oxygen atoms in total. The van der Waals surface area contributed by atoms with Gasteiger partial charge in [-0.15, -0.1) is 0 Å². The van der Waals surface area contributed by atoms with Crippen LogP contribution in [0.25, 0.3) is 0 Å². The first kappa shape index (κ1) is 17.4. The fourth-order valence-electron chi connectivity index (χ4n) is 2.39. The Labute approximate surface area is 142 Å². The van der Waals surface area contributed by atoms with Gasteiger partial charge in [0.05, 0.1) is 10.7 Å². The fraction of sp³-hybridized carbons (Fsp3) is 0.316. The van der Waals surface area contributed by atoms with E-state index in [9.17, 15) is 4.79 Å². The van der Waals surface area contributed by atoms with E-state index in [4.69, 9.17) is 16.3 Å². The van der Waals surface area contributed by atoms with Crippen LogP contribution in [0.3, 0.4) is 0 Å². The quantitative estimate of drug-likeness (QED) is 0.724. The van der Waals surface area contributed by atoms with Crippen molar-refractivity contribution >= 4 is 23.4 Å². The predicted molar refractivity (Wildman–Crippen MR) is 95.7 cm³/mol. The highest BCUT2D eigenvalue weighted by Crippen LogP contribution is 2.34. The average molecular weight is 332 g/mol. The molecular formula is C19H22ClNO2. The summed E-state index contributed by atoms with van der Waals surface area (Å²) in [7, 11) is 0. The second-order valence-corrected chi connectivity index (χ2v) is 6.48. The molecule has 0 unspecified atom stereocenters. The number of carbonyl (C=O) groups is 1. The number of benzene rings is 2. The number of rotatable bonds is 4. The summed E-state index contributed by atoms with van der Waals surface area (Å²) in [5.74, 6) is 1.16. The summed E-state index contributed by atoms with van der Waals surface area (Å²) in [6.45, 7) is 8.33. The summed E-state index contributed by atoms with van der Waals surface area (Å²) >= 11 is 6.06. The minimum absolute atomic E-state index is 0.261. The standard InChI is InChI=1S/C19H22ClNO2/c1-12(2)14-8-7-9-15(13(3)4)18(14)23-19(22)21-17-11-6-5-10-16(17)20/h5-13H,1-4H3,(H,21,22). The van der Waals surface area contributed by atoms with E-state index in [0.29, 0.717) is 16.5 Å². The van der Waals surface area contributed by atoms with Crippen LogP contribution in [-0.4, -0.2) is 6.09 Å². The summed E-state index contributed by atoms with van der Waals surface area (Å²) in [6, 6.07) is 13.1. The number of ether oxygens (including phenoxy) is 1. The third-order valence-electron chi connectivity index (χ3n) is 3.63. The number of hydrogen-bond donors (Lipinski definition) is 1. The fourth-order valence-corrected chi connectivity index (χ4v) is 2.57. The molecule has 0 atom stereocenters. The van der Waals surface area contributed by atoms with Crippen LogP contribution in [0, 0.1) is 0 Å². The number of hydrogen-bond acceptors (Lipinski definition) is 2. The maximum Gasteiger partial charge on any atom is 0.417 e. The van der Waals surface area contributed by atoms with Gasteiger partial charge in [0.2, 0.25) is 0 Å². The molecule has 0 fully saturated rings. The van der Waals surface area contributed by atoms with E-state index in [-0.39, 0.29) is 11.8 Å². The Morgan fingerprint density at radius 2 is 1.52 bits per heavy atom. The maximum absolute atomic E-state index is 12.3.